The summed E-state index contributed by atoms with van der Waals surface area (Å²) in [7, 11) is 0. The van der Waals surface area contributed by atoms with Gasteiger partial charge in [-0.05, 0) is 48.1 Å². The number of carboxylic acids is 1. The van der Waals surface area contributed by atoms with Crippen LogP contribution < -0.4 is 0 Å². The van der Waals surface area contributed by atoms with Crippen LogP contribution in [0.2, 0.25) is 0 Å². The summed E-state index contributed by atoms with van der Waals surface area (Å²) in [6.45, 7) is 1.80. The van der Waals surface area contributed by atoms with Gasteiger partial charge in [0.05, 0.1) is 5.69 Å². The Morgan fingerprint density at radius 3 is 2.72 bits per heavy atom. The Hall–Kier alpha value is -1.90. The van der Waals surface area contributed by atoms with E-state index >= 15 is 0 Å². The maximum atomic E-state index is 11.5. The molecule has 0 bridgehead atoms. The van der Waals surface area contributed by atoms with Crippen LogP contribution in [0, 0.1) is 6.92 Å². The normalized spacial score (nSPS) is 17.4. The summed E-state index contributed by atoms with van der Waals surface area (Å²) >= 11 is 1.17. The van der Waals surface area contributed by atoms with Crippen molar-refractivity contribution < 1.29 is 9.90 Å². The van der Waals surface area contributed by atoms with Crippen molar-refractivity contribution in [3.63, 3.8) is 0 Å². The van der Waals surface area contributed by atoms with E-state index in [0.717, 1.165) is 6.42 Å². The van der Waals surface area contributed by atoms with Gasteiger partial charge < -0.3 is 5.11 Å². The Morgan fingerprint density at radius 2 is 2.22 bits per heavy atom. The van der Waals surface area contributed by atoms with Gasteiger partial charge in [-0.1, -0.05) is 4.49 Å². The molecule has 9 heteroatoms. The van der Waals surface area contributed by atoms with Crippen molar-refractivity contribution in [3.8, 4) is 10.7 Å². The molecule has 0 aromatic carbocycles. The first kappa shape index (κ1) is 11.2. The molecule has 0 unspecified atom stereocenters. The molecule has 94 valence electrons. The first-order valence-electron chi connectivity index (χ1n) is 5.47. The van der Waals surface area contributed by atoms with Crippen LogP contribution in [0.1, 0.15) is 25.0 Å². The number of carboxylic acid groups (broad SMARTS) is 1. The number of hydrogen-bond acceptors (Lipinski definition) is 7. The van der Waals surface area contributed by atoms with E-state index in [0.29, 0.717) is 29.2 Å². The number of carbonyl (C=O) groups is 1. The molecule has 0 saturated heterocycles. The number of aryl methyl sites for hydroxylation is 1. The van der Waals surface area contributed by atoms with Gasteiger partial charge in [-0.25, -0.2) is 9.48 Å². The number of rotatable bonds is 3. The molecule has 18 heavy (non-hydrogen) atoms. The zero-order chi connectivity index (χ0) is 12.8. The van der Waals surface area contributed by atoms with Crippen LogP contribution in [-0.4, -0.2) is 40.9 Å². The van der Waals surface area contributed by atoms with Gasteiger partial charge in [0, 0.05) is 0 Å². The standard InChI is InChI=1S/C9H10N6O2S/c1-5-6(18-14-10-5)7-11-12-13-15(7)9(8(16)17)3-2-4-9/h2-4H2,1H3,(H,16,17). The maximum Gasteiger partial charge on any atom is 0.331 e. The fourth-order valence-electron chi connectivity index (χ4n) is 2.08. The highest BCUT2D eigenvalue weighted by atomic mass is 32.1. The summed E-state index contributed by atoms with van der Waals surface area (Å²) in [6.07, 6.45) is 1.96. The molecule has 0 radical (unpaired) electrons. The lowest BCUT2D eigenvalue weighted by Gasteiger charge is -2.37. The summed E-state index contributed by atoms with van der Waals surface area (Å²) in [6, 6.07) is 0. The minimum atomic E-state index is -1.00. The van der Waals surface area contributed by atoms with Gasteiger partial charge in [0.15, 0.2) is 11.4 Å². The van der Waals surface area contributed by atoms with Gasteiger partial charge in [-0.2, -0.15) is 0 Å². The number of nitrogens with zero attached hydrogens (tertiary/aromatic N) is 6. The predicted octanol–water partition coefficient (Wildman–Crippen LogP) is 0.464. The molecule has 0 atom stereocenters. The van der Waals surface area contributed by atoms with E-state index in [4.69, 9.17) is 0 Å². The average Bonchev–Trinajstić information content (AvgIpc) is 2.84. The quantitative estimate of drug-likeness (QED) is 0.860. The van der Waals surface area contributed by atoms with Crippen LogP contribution in [-0.2, 0) is 10.3 Å². The second-order valence-electron chi connectivity index (χ2n) is 4.29. The van der Waals surface area contributed by atoms with Crippen molar-refractivity contribution in [1.29, 1.82) is 0 Å². The monoisotopic (exact) mass is 266 g/mol. The second kappa shape index (κ2) is 3.80. The third kappa shape index (κ3) is 1.37. The van der Waals surface area contributed by atoms with E-state index in [9.17, 15) is 9.90 Å². The van der Waals surface area contributed by atoms with Crippen molar-refractivity contribution in [3.05, 3.63) is 5.69 Å². The van der Waals surface area contributed by atoms with Gasteiger partial charge in [-0.3, -0.25) is 0 Å². The van der Waals surface area contributed by atoms with Crippen molar-refractivity contribution in [1.82, 2.24) is 29.8 Å². The minimum Gasteiger partial charge on any atom is -0.479 e. The largest absolute Gasteiger partial charge is 0.479 e. The van der Waals surface area contributed by atoms with E-state index in [-0.39, 0.29) is 0 Å². The minimum absolute atomic E-state index is 0.435. The molecular formula is C9H10N6O2S. The van der Waals surface area contributed by atoms with Gasteiger partial charge in [0.25, 0.3) is 0 Å². The number of hydrogen-bond donors (Lipinski definition) is 1. The van der Waals surface area contributed by atoms with E-state index in [2.05, 4.69) is 25.1 Å². The van der Waals surface area contributed by atoms with Crippen molar-refractivity contribution >= 4 is 17.5 Å². The molecule has 1 N–H and O–H groups in total. The molecule has 1 aliphatic rings. The smallest absolute Gasteiger partial charge is 0.331 e. The van der Waals surface area contributed by atoms with E-state index < -0.39 is 11.5 Å². The third-order valence-electron chi connectivity index (χ3n) is 3.31. The zero-order valence-electron chi connectivity index (χ0n) is 9.57. The van der Waals surface area contributed by atoms with Gasteiger partial charge >= 0.3 is 5.97 Å². The lowest BCUT2D eigenvalue weighted by atomic mass is 9.77. The first-order chi connectivity index (χ1) is 8.65. The highest BCUT2D eigenvalue weighted by Gasteiger charge is 2.49. The summed E-state index contributed by atoms with van der Waals surface area (Å²) in [4.78, 5) is 12.2. The van der Waals surface area contributed by atoms with E-state index in [1.165, 1.54) is 16.2 Å². The molecule has 0 aliphatic heterocycles. The first-order valence-corrected chi connectivity index (χ1v) is 6.24. The summed E-state index contributed by atoms with van der Waals surface area (Å²) < 4.78 is 5.23. The van der Waals surface area contributed by atoms with Crippen LogP contribution in [0.4, 0.5) is 0 Å². The SMILES string of the molecule is Cc1nnsc1-c1nnnn1C1(C(=O)O)CCC1. The molecule has 8 nitrogen and oxygen atoms in total. The summed E-state index contributed by atoms with van der Waals surface area (Å²) in [5.41, 5.74) is -0.300. The Balaban J connectivity index is 2.13. The van der Waals surface area contributed by atoms with Gasteiger partial charge in [-0.15, -0.1) is 10.2 Å². The molecule has 0 spiro atoms. The molecule has 2 heterocycles. The maximum absolute atomic E-state index is 11.5. The summed E-state index contributed by atoms with van der Waals surface area (Å²) in [5.74, 6) is -0.456. The highest BCUT2D eigenvalue weighted by molar-refractivity contribution is 7.09. The predicted molar refractivity (Wildman–Crippen MR) is 60.9 cm³/mol. The molecule has 2 aromatic rings. The fraction of sp³-hybridized carbons (Fsp3) is 0.556. The lowest BCUT2D eigenvalue weighted by molar-refractivity contribution is -0.153. The fourth-order valence-corrected chi connectivity index (χ4v) is 2.71. The zero-order valence-corrected chi connectivity index (χ0v) is 10.4. The Kier molecular flexibility index (Phi) is 2.37. The van der Waals surface area contributed by atoms with Crippen LogP contribution in [0.5, 0.6) is 0 Å². The molecule has 0 amide bonds. The van der Waals surface area contributed by atoms with Gasteiger partial charge in [0.2, 0.25) is 0 Å². The van der Waals surface area contributed by atoms with E-state index in [1.54, 1.807) is 6.92 Å². The second-order valence-corrected chi connectivity index (χ2v) is 5.05. The van der Waals surface area contributed by atoms with Crippen molar-refractivity contribution in [2.75, 3.05) is 0 Å². The number of aliphatic carboxylic acids is 1. The molecule has 1 aliphatic carbocycles. The van der Waals surface area contributed by atoms with Crippen molar-refractivity contribution in [2.24, 2.45) is 0 Å². The van der Waals surface area contributed by atoms with Crippen LogP contribution in [0.3, 0.4) is 0 Å². The van der Waals surface area contributed by atoms with Crippen molar-refractivity contribution in [2.45, 2.75) is 31.7 Å². The molecule has 3 rings (SSSR count). The molecule has 2 aromatic heterocycles. The van der Waals surface area contributed by atoms with Gasteiger partial charge in [0.1, 0.15) is 4.88 Å². The highest BCUT2D eigenvalue weighted by Crippen LogP contribution is 2.41. The lowest BCUT2D eigenvalue weighted by Crippen LogP contribution is -2.48. The summed E-state index contributed by atoms with van der Waals surface area (Å²) in [5, 5.41) is 24.7. The molecule has 1 fully saturated rings. The Bertz CT molecular complexity index is 602. The number of tetrazole rings is 1. The Labute approximate surface area is 106 Å². The number of aromatic nitrogens is 6. The Morgan fingerprint density at radius 1 is 1.44 bits per heavy atom. The van der Waals surface area contributed by atoms with E-state index in [1.807, 2.05) is 0 Å². The van der Waals surface area contributed by atoms with Crippen LogP contribution in [0.15, 0.2) is 0 Å². The molecular weight excluding hydrogens is 256 g/mol. The molecule has 1 saturated carbocycles. The van der Waals surface area contributed by atoms with Crippen LogP contribution in [0.25, 0.3) is 10.7 Å². The van der Waals surface area contributed by atoms with Crippen LogP contribution >= 0.6 is 11.5 Å². The topological polar surface area (TPSA) is 107 Å². The average molecular weight is 266 g/mol. The third-order valence-corrected chi connectivity index (χ3v) is 4.13.